The maximum atomic E-state index is 6.47. The molecule has 0 N–H and O–H groups in total. The van der Waals surface area contributed by atoms with Gasteiger partial charge in [-0.3, -0.25) is 0 Å². The van der Waals surface area contributed by atoms with Gasteiger partial charge < -0.3 is 9.32 Å². The van der Waals surface area contributed by atoms with Crippen LogP contribution in [0.15, 0.2) is 168 Å². The van der Waals surface area contributed by atoms with Crippen LogP contribution in [0.3, 0.4) is 0 Å². The Morgan fingerprint density at radius 3 is 1.89 bits per heavy atom. The smallest absolute Gasteiger partial charge is 0.143 e. The summed E-state index contributed by atoms with van der Waals surface area (Å²) in [6.45, 7) is 0. The zero-order chi connectivity index (χ0) is 29.0. The molecule has 0 radical (unpaired) electrons. The van der Waals surface area contributed by atoms with Crippen molar-refractivity contribution in [2.24, 2.45) is 0 Å². The van der Waals surface area contributed by atoms with E-state index >= 15 is 0 Å². The van der Waals surface area contributed by atoms with Gasteiger partial charge in [0, 0.05) is 33.2 Å². The maximum absolute atomic E-state index is 6.47. The van der Waals surface area contributed by atoms with E-state index in [1.165, 1.54) is 32.7 Å². The van der Waals surface area contributed by atoms with Gasteiger partial charge in [-0.25, -0.2) is 0 Å². The highest BCUT2D eigenvalue weighted by molar-refractivity contribution is 6.16. The van der Waals surface area contributed by atoms with Gasteiger partial charge in [-0.2, -0.15) is 0 Å². The number of furan rings is 1. The molecule has 0 bridgehead atoms. The number of anilines is 3. The third kappa shape index (κ3) is 3.96. The SMILES string of the molecule is c1ccc(-c2cccc(N(c3ccc4c(ccc5ccccc54)c3)c3ccc4ccc5c6ccccc6oc5c4c3)c2)cc1. The second kappa shape index (κ2) is 9.86. The zero-order valence-electron chi connectivity index (χ0n) is 23.9. The molecule has 9 rings (SSSR count). The van der Waals surface area contributed by atoms with E-state index in [0.29, 0.717) is 0 Å². The van der Waals surface area contributed by atoms with Crippen molar-refractivity contribution in [2.45, 2.75) is 0 Å². The van der Waals surface area contributed by atoms with Gasteiger partial charge in [-0.05, 0) is 86.6 Å². The summed E-state index contributed by atoms with van der Waals surface area (Å²) in [7, 11) is 0. The molecule has 0 aliphatic carbocycles. The highest BCUT2D eigenvalue weighted by atomic mass is 16.3. The van der Waals surface area contributed by atoms with Crippen molar-refractivity contribution in [3.63, 3.8) is 0 Å². The first-order chi connectivity index (χ1) is 21.8. The van der Waals surface area contributed by atoms with Gasteiger partial charge >= 0.3 is 0 Å². The van der Waals surface area contributed by atoms with Gasteiger partial charge in [-0.15, -0.1) is 0 Å². The first kappa shape index (κ1) is 24.7. The maximum Gasteiger partial charge on any atom is 0.143 e. The summed E-state index contributed by atoms with van der Waals surface area (Å²) in [5, 5.41) is 9.54. The van der Waals surface area contributed by atoms with Gasteiger partial charge in [0.1, 0.15) is 11.2 Å². The number of fused-ring (bicyclic) bond motifs is 8. The van der Waals surface area contributed by atoms with Gasteiger partial charge in [0.05, 0.1) is 0 Å². The van der Waals surface area contributed by atoms with E-state index in [1.807, 2.05) is 12.1 Å². The Labute approximate surface area is 255 Å². The third-order valence-electron chi connectivity index (χ3n) is 8.80. The summed E-state index contributed by atoms with van der Waals surface area (Å²) in [6, 6.07) is 58.6. The molecular weight excluding hydrogens is 534 g/mol. The van der Waals surface area contributed by atoms with E-state index < -0.39 is 0 Å². The van der Waals surface area contributed by atoms with E-state index in [1.54, 1.807) is 0 Å². The van der Waals surface area contributed by atoms with Crippen molar-refractivity contribution >= 4 is 71.3 Å². The van der Waals surface area contributed by atoms with Gasteiger partial charge in [0.25, 0.3) is 0 Å². The Morgan fingerprint density at radius 2 is 0.955 bits per heavy atom. The third-order valence-corrected chi connectivity index (χ3v) is 8.80. The number of hydrogen-bond acceptors (Lipinski definition) is 2. The lowest BCUT2D eigenvalue weighted by Crippen LogP contribution is -2.10. The summed E-state index contributed by atoms with van der Waals surface area (Å²) < 4.78 is 6.47. The number of hydrogen-bond donors (Lipinski definition) is 0. The molecule has 44 heavy (non-hydrogen) atoms. The molecule has 0 aliphatic heterocycles. The number of benzene rings is 8. The molecule has 0 unspecified atom stereocenters. The summed E-state index contributed by atoms with van der Waals surface area (Å²) in [5.74, 6) is 0. The van der Waals surface area contributed by atoms with Crippen LogP contribution in [0.2, 0.25) is 0 Å². The molecule has 2 nitrogen and oxygen atoms in total. The molecule has 0 spiro atoms. The van der Waals surface area contributed by atoms with Gasteiger partial charge in [0.2, 0.25) is 0 Å². The minimum Gasteiger partial charge on any atom is -0.455 e. The van der Waals surface area contributed by atoms with E-state index in [4.69, 9.17) is 4.42 Å². The molecule has 0 amide bonds. The molecule has 9 aromatic rings. The van der Waals surface area contributed by atoms with Crippen LogP contribution >= 0.6 is 0 Å². The van der Waals surface area contributed by atoms with Crippen LogP contribution in [0.4, 0.5) is 17.1 Å². The summed E-state index contributed by atoms with van der Waals surface area (Å²) in [4.78, 5) is 2.36. The van der Waals surface area contributed by atoms with Gasteiger partial charge in [-0.1, -0.05) is 115 Å². The molecule has 206 valence electrons. The van der Waals surface area contributed by atoms with Crippen molar-refractivity contribution in [1.29, 1.82) is 0 Å². The topological polar surface area (TPSA) is 16.4 Å². The van der Waals surface area contributed by atoms with Gasteiger partial charge in [0.15, 0.2) is 0 Å². The van der Waals surface area contributed by atoms with Crippen molar-refractivity contribution < 1.29 is 4.42 Å². The highest BCUT2D eigenvalue weighted by Gasteiger charge is 2.17. The number of nitrogens with zero attached hydrogens (tertiary/aromatic N) is 1. The van der Waals surface area contributed by atoms with Crippen molar-refractivity contribution in [3.05, 3.63) is 164 Å². The van der Waals surface area contributed by atoms with E-state index in [-0.39, 0.29) is 0 Å². The molecule has 2 heteroatoms. The molecule has 0 atom stereocenters. The molecule has 8 aromatic carbocycles. The molecule has 0 fully saturated rings. The molecule has 1 heterocycles. The second-order valence-corrected chi connectivity index (χ2v) is 11.4. The molecule has 1 aromatic heterocycles. The Bertz CT molecular complexity index is 2510. The van der Waals surface area contributed by atoms with E-state index in [9.17, 15) is 0 Å². The lowest BCUT2D eigenvalue weighted by atomic mass is 10.00. The fraction of sp³-hybridized carbons (Fsp3) is 0. The van der Waals surface area contributed by atoms with Crippen LogP contribution in [-0.4, -0.2) is 0 Å². The normalized spacial score (nSPS) is 11.6. The average Bonchev–Trinajstić information content (AvgIpc) is 3.48. The largest absolute Gasteiger partial charge is 0.455 e. The van der Waals surface area contributed by atoms with Crippen molar-refractivity contribution in [2.75, 3.05) is 4.90 Å². The fourth-order valence-electron chi connectivity index (χ4n) is 6.67. The number of rotatable bonds is 4. The predicted molar refractivity (Wildman–Crippen MR) is 186 cm³/mol. The molecular formula is C42H27NO. The van der Waals surface area contributed by atoms with E-state index in [2.05, 4.69) is 157 Å². The highest BCUT2D eigenvalue weighted by Crippen LogP contribution is 2.42. The molecule has 0 saturated carbocycles. The van der Waals surface area contributed by atoms with Crippen LogP contribution in [0.1, 0.15) is 0 Å². The average molecular weight is 562 g/mol. The Balaban J connectivity index is 1.28. The second-order valence-electron chi connectivity index (χ2n) is 11.4. The standard InChI is InChI=1S/C42H27NO/c1-2-9-28(10-3-1)31-12-8-13-33(25-31)43(34-22-24-37-32(26-34)18-17-29-11-4-5-14-36(29)37)35-21-19-30-20-23-39-38-15-6-7-16-41(38)44-42(39)40(30)27-35/h1-27H. The van der Waals surface area contributed by atoms with Crippen molar-refractivity contribution in [1.82, 2.24) is 0 Å². The van der Waals surface area contributed by atoms with Crippen LogP contribution in [0.25, 0.3) is 65.4 Å². The van der Waals surface area contributed by atoms with Crippen LogP contribution in [0.5, 0.6) is 0 Å². The predicted octanol–water partition coefficient (Wildman–Crippen LogP) is 12.2. The zero-order valence-corrected chi connectivity index (χ0v) is 23.9. The van der Waals surface area contributed by atoms with E-state index in [0.717, 1.165) is 49.8 Å². The minimum atomic E-state index is 0.912. The molecule has 0 saturated heterocycles. The Kier molecular flexibility index (Phi) is 5.54. The number of para-hydroxylation sites is 1. The van der Waals surface area contributed by atoms with Crippen LogP contribution in [-0.2, 0) is 0 Å². The molecule has 0 aliphatic rings. The Hall–Kier alpha value is -5.86. The monoisotopic (exact) mass is 561 g/mol. The summed E-state index contributed by atoms with van der Waals surface area (Å²) in [6.07, 6.45) is 0. The summed E-state index contributed by atoms with van der Waals surface area (Å²) >= 11 is 0. The minimum absolute atomic E-state index is 0.912. The summed E-state index contributed by atoms with van der Waals surface area (Å²) in [5.41, 5.74) is 7.50. The quantitative estimate of drug-likeness (QED) is 0.199. The van der Waals surface area contributed by atoms with Crippen molar-refractivity contribution in [3.8, 4) is 11.1 Å². The fourth-order valence-corrected chi connectivity index (χ4v) is 6.67. The first-order valence-corrected chi connectivity index (χ1v) is 15.0. The lowest BCUT2D eigenvalue weighted by Gasteiger charge is -2.27. The van der Waals surface area contributed by atoms with Crippen LogP contribution < -0.4 is 4.90 Å². The lowest BCUT2D eigenvalue weighted by molar-refractivity contribution is 0.672. The Morgan fingerprint density at radius 1 is 0.341 bits per heavy atom. The van der Waals surface area contributed by atoms with Crippen LogP contribution in [0, 0.1) is 0 Å². The first-order valence-electron chi connectivity index (χ1n) is 15.0.